The standard InChI is InChI=1S/C16H25NO2/c1-13(14-6-5-7-15(18)12-14)17-10-11-19-16-8-3-2-4-9-16/h5-7,12-13,16-18H,2-4,8-11H2,1H3. The number of phenolic OH excluding ortho intramolecular Hbond substituents is 1. The zero-order valence-electron chi connectivity index (χ0n) is 11.8. The molecule has 0 radical (unpaired) electrons. The molecule has 106 valence electrons. The van der Waals surface area contributed by atoms with Crippen molar-refractivity contribution < 1.29 is 9.84 Å². The Bertz CT molecular complexity index is 375. The molecule has 0 saturated heterocycles. The molecule has 0 heterocycles. The van der Waals surface area contributed by atoms with Gasteiger partial charge >= 0.3 is 0 Å². The predicted molar refractivity (Wildman–Crippen MR) is 77.3 cm³/mol. The summed E-state index contributed by atoms with van der Waals surface area (Å²) >= 11 is 0. The van der Waals surface area contributed by atoms with Gasteiger partial charge in [0.05, 0.1) is 12.7 Å². The van der Waals surface area contributed by atoms with Gasteiger partial charge in [0.15, 0.2) is 0 Å². The van der Waals surface area contributed by atoms with Gasteiger partial charge in [-0.2, -0.15) is 0 Å². The number of rotatable bonds is 6. The molecule has 1 atom stereocenters. The first-order valence-electron chi connectivity index (χ1n) is 7.39. The minimum atomic E-state index is 0.238. The smallest absolute Gasteiger partial charge is 0.115 e. The average Bonchev–Trinajstić information content (AvgIpc) is 2.44. The minimum Gasteiger partial charge on any atom is -0.508 e. The van der Waals surface area contributed by atoms with E-state index in [9.17, 15) is 5.11 Å². The molecule has 0 amide bonds. The summed E-state index contributed by atoms with van der Waals surface area (Å²) in [6.45, 7) is 3.73. The van der Waals surface area contributed by atoms with Crippen LogP contribution in [-0.4, -0.2) is 24.4 Å². The zero-order chi connectivity index (χ0) is 13.5. The van der Waals surface area contributed by atoms with Crippen molar-refractivity contribution in [3.05, 3.63) is 29.8 Å². The van der Waals surface area contributed by atoms with Gasteiger partial charge in [0.1, 0.15) is 5.75 Å². The molecule has 1 aliphatic rings. The van der Waals surface area contributed by atoms with Crippen molar-refractivity contribution >= 4 is 0 Å². The van der Waals surface area contributed by atoms with Crippen LogP contribution in [0.5, 0.6) is 5.75 Å². The number of phenols is 1. The Morgan fingerprint density at radius 2 is 2.11 bits per heavy atom. The topological polar surface area (TPSA) is 41.5 Å². The predicted octanol–water partition coefficient (Wildman–Crippen LogP) is 3.39. The summed E-state index contributed by atoms with van der Waals surface area (Å²) in [6.07, 6.45) is 6.93. The van der Waals surface area contributed by atoms with E-state index in [0.717, 1.165) is 18.7 Å². The Morgan fingerprint density at radius 3 is 2.84 bits per heavy atom. The van der Waals surface area contributed by atoms with Gasteiger partial charge in [0, 0.05) is 12.6 Å². The lowest BCUT2D eigenvalue weighted by Crippen LogP contribution is -2.26. The summed E-state index contributed by atoms with van der Waals surface area (Å²) < 4.78 is 5.88. The normalized spacial score (nSPS) is 18.4. The van der Waals surface area contributed by atoms with Crippen LogP contribution >= 0.6 is 0 Å². The maximum absolute atomic E-state index is 9.45. The second-order valence-electron chi connectivity index (χ2n) is 5.40. The SMILES string of the molecule is CC(NCCOC1CCCCC1)c1cccc(O)c1. The molecule has 1 unspecified atom stereocenters. The maximum Gasteiger partial charge on any atom is 0.115 e. The molecular formula is C16H25NO2. The molecule has 0 aromatic heterocycles. The molecule has 2 N–H and O–H groups in total. The van der Waals surface area contributed by atoms with Crippen LogP contribution in [0.2, 0.25) is 0 Å². The van der Waals surface area contributed by atoms with E-state index in [4.69, 9.17) is 4.74 Å². The first-order chi connectivity index (χ1) is 9.25. The second kappa shape index (κ2) is 7.51. The fraction of sp³-hybridized carbons (Fsp3) is 0.625. The molecule has 0 spiro atoms. The maximum atomic E-state index is 9.45. The highest BCUT2D eigenvalue weighted by atomic mass is 16.5. The molecule has 0 bridgehead atoms. The van der Waals surface area contributed by atoms with E-state index in [0.29, 0.717) is 11.9 Å². The number of ether oxygens (including phenoxy) is 1. The van der Waals surface area contributed by atoms with Gasteiger partial charge in [-0.3, -0.25) is 0 Å². The average molecular weight is 263 g/mol. The minimum absolute atomic E-state index is 0.238. The fourth-order valence-electron chi connectivity index (χ4n) is 2.64. The number of benzene rings is 1. The van der Waals surface area contributed by atoms with Crippen molar-refractivity contribution in [1.29, 1.82) is 0 Å². The third-order valence-electron chi connectivity index (χ3n) is 3.83. The molecule has 1 aromatic rings. The fourth-order valence-corrected chi connectivity index (χ4v) is 2.64. The van der Waals surface area contributed by atoms with Crippen LogP contribution in [-0.2, 0) is 4.74 Å². The lowest BCUT2D eigenvalue weighted by atomic mass is 9.98. The van der Waals surface area contributed by atoms with E-state index in [1.165, 1.54) is 32.1 Å². The van der Waals surface area contributed by atoms with Gasteiger partial charge in [-0.25, -0.2) is 0 Å². The highest BCUT2D eigenvalue weighted by molar-refractivity contribution is 5.28. The van der Waals surface area contributed by atoms with Crippen LogP contribution in [0, 0.1) is 0 Å². The van der Waals surface area contributed by atoms with Gasteiger partial charge in [0.25, 0.3) is 0 Å². The molecule has 3 heteroatoms. The molecule has 19 heavy (non-hydrogen) atoms. The van der Waals surface area contributed by atoms with Crippen molar-refractivity contribution in [2.75, 3.05) is 13.2 Å². The Labute approximate surface area is 116 Å². The largest absolute Gasteiger partial charge is 0.508 e. The Kier molecular flexibility index (Phi) is 5.67. The summed E-state index contributed by atoms with van der Waals surface area (Å²) in [5.74, 6) is 0.324. The first-order valence-corrected chi connectivity index (χ1v) is 7.39. The third kappa shape index (κ3) is 4.84. The summed E-state index contributed by atoms with van der Waals surface area (Å²) in [5.41, 5.74) is 1.11. The van der Waals surface area contributed by atoms with Gasteiger partial charge < -0.3 is 15.2 Å². The van der Waals surface area contributed by atoms with Crippen molar-refractivity contribution in [1.82, 2.24) is 5.32 Å². The van der Waals surface area contributed by atoms with Crippen molar-refractivity contribution in [2.45, 2.75) is 51.2 Å². The quantitative estimate of drug-likeness (QED) is 0.773. The van der Waals surface area contributed by atoms with Crippen molar-refractivity contribution in [3.63, 3.8) is 0 Å². The number of nitrogens with one attached hydrogen (secondary N) is 1. The van der Waals surface area contributed by atoms with E-state index < -0.39 is 0 Å². The lowest BCUT2D eigenvalue weighted by molar-refractivity contribution is 0.0295. The molecule has 1 saturated carbocycles. The van der Waals surface area contributed by atoms with Crippen LogP contribution in [0.1, 0.15) is 50.6 Å². The highest BCUT2D eigenvalue weighted by Gasteiger charge is 2.13. The van der Waals surface area contributed by atoms with Crippen LogP contribution in [0.15, 0.2) is 24.3 Å². The number of hydrogen-bond donors (Lipinski definition) is 2. The second-order valence-corrected chi connectivity index (χ2v) is 5.40. The number of aromatic hydroxyl groups is 1. The zero-order valence-corrected chi connectivity index (χ0v) is 11.8. The van der Waals surface area contributed by atoms with Crippen LogP contribution in [0.25, 0.3) is 0 Å². The Morgan fingerprint density at radius 1 is 1.32 bits per heavy atom. The van der Waals surface area contributed by atoms with E-state index >= 15 is 0 Å². The monoisotopic (exact) mass is 263 g/mol. The summed E-state index contributed by atoms with van der Waals surface area (Å²) in [4.78, 5) is 0. The van der Waals surface area contributed by atoms with Gasteiger partial charge in [0.2, 0.25) is 0 Å². The van der Waals surface area contributed by atoms with Crippen molar-refractivity contribution in [2.24, 2.45) is 0 Å². The molecule has 3 nitrogen and oxygen atoms in total. The lowest BCUT2D eigenvalue weighted by Gasteiger charge is -2.22. The summed E-state index contributed by atoms with van der Waals surface area (Å²) in [6, 6.07) is 7.64. The summed E-state index contributed by atoms with van der Waals surface area (Å²) in [7, 11) is 0. The molecule has 0 aliphatic heterocycles. The van der Waals surface area contributed by atoms with Crippen molar-refractivity contribution in [3.8, 4) is 5.75 Å². The molecule has 1 aliphatic carbocycles. The van der Waals surface area contributed by atoms with Crippen LogP contribution in [0.4, 0.5) is 0 Å². The van der Waals surface area contributed by atoms with E-state index in [2.05, 4.69) is 12.2 Å². The molecule has 1 fully saturated rings. The Balaban J connectivity index is 1.64. The molecule has 2 rings (SSSR count). The van der Waals surface area contributed by atoms with Crippen LogP contribution < -0.4 is 5.32 Å². The number of hydrogen-bond acceptors (Lipinski definition) is 3. The van der Waals surface area contributed by atoms with Gasteiger partial charge in [-0.05, 0) is 37.5 Å². The first kappa shape index (κ1) is 14.4. The third-order valence-corrected chi connectivity index (χ3v) is 3.83. The molecule has 1 aromatic carbocycles. The van der Waals surface area contributed by atoms with E-state index in [-0.39, 0.29) is 6.04 Å². The van der Waals surface area contributed by atoms with E-state index in [1.54, 1.807) is 12.1 Å². The van der Waals surface area contributed by atoms with Crippen LogP contribution in [0.3, 0.4) is 0 Å². The highest BCUT2D eigenvalue weighted by Crippen LogP contribution is 2.20. The van der Waals surface area contributed by atoms with Gasteiger partial charge in [-0.1, -0.05) is 31.4 Å². The van der Waals surface area contributed by atoms with Gasteiger partial charge in [-0.15, -0.1) is 0 Å². The Hall–Kier alpha value is -1.06. The summed E-state index contributed by atoms with van der Waals surface area (Å²) in [5, 5.41) is 12.9. The molecular weight excluding hydrogens is 238 g/mol. The van der Waals surface area contributed by atoms with E-state index in [1.807, 2.05) is 12.1 Å².